The first-order valence-electron chi connectivity index (χ1n) is 10.2. The lowest BCUT2D eigenvalue weighted by Gasteiger charge is -2.25. The number of morpholine rings is 1. The molecule has 162 valence electrons. The van der Waals surface area contributed by atoms with E-state index in [-0.39, 0.29) is 12.5 Å². The summed E-state index contributed by atoms with van der Waals surface area (Å²) in [6.07, 6.45) is 1.56. The highest BCUT2D eigenvalue weighted by molar-refractivity contribution is 5.83. The number of benzene rings is 2. The number of nitriles is 1. The second kappa shape index (κ2) is 11.7. The molecule has 0 aromatic heterocycles. The van der Waals surface area contributed by atoms with E-state index in [2.05, 4.69) is 16.6 Å². The first-order valence-corrected chi connectivity index (χ1v) is 10.2. The van der Waals surface area contributed by atoms with Crippen molar-refractivity contribution in [3.8, 4) is 17.6 Å². The van der Waals surface area contributed by atoms with Gasteiger partial charge in [0.25, 0.3) is 5.91 Å². The van der Waals surface area contributed by atoms with Crippen LogP contribution in [0.2, 0.25) is 0 Å². The molecule has 3 rings (SSSR count). The summed E-state index contributed by atoms with van der Waals surface area (Å²) >= 11 is 0. The zero-order valence-electron chi connectivity index (χ0n) is 17.5. The van der Waals surface area contributed by atoms with Crippen LogP contribution in [0, 0.1) is 11.3 Å². The number of hydrazone groups is 1. The summed E-state index contributed by atoms with van der Waals surface area (Å²) in [5, 5.41) is 13.3. The largest absolute Gasteiger partial charge is 0.490 e. The second-order valence-electron chi connectivity index (χ2n) is 6.88. The van der Waals surface area contributed by atoms with Gasteiger partial charge in [0.15, 0.2) is 11.5 Å². The van der Waals surface area contributed by atoms with Crippen LogP contribution in [-0.4, -0.2) is 56.5 Å². The smallest absolute Gasteiger partial charge is 0.254 e. The lowest BCUT2D eigenvalue weighted by molar-refractivity contribution is -0.123. The number of hydrogen-bond donors (Lipinski definition) is 1. The van der Waals surface area contributed by atoms with Crippen LogP contribution in [0.25, 0.3) is 0 Å². The van der Waals surface area contributed by atoms with Crippen LogP contribution in [0.1, 0.15) is 23.6 Å². The van der Waals surface area contributed by atoms with Crippen LogP contribution in [0.4, 0.5) is 0 Å². The molecule has 0 bridgehead atoms. The Balaban J connectivity index is 1.59. The molecule has 8 heteroatoms. The fraction of sp³-hybridized carbons (Fsp3) is 0.348. The molecule has 31 heavy (non-hydrogen) atoms. The Bertz CT molecular complexity index is 949. The predicted molar refractivity (Wildman–Crippen MR) is 116 cm³/mol. The van der Waals surface area contributed by atoms with E-state index in [1.807, 2.05) is 36.1 Å². The number of rotatable bonds is 9. The standard InChI is InChI=1S/C23H26N4O4/c1-2-30-22-13-18(15-25-26-23(28)16-27-9-11-29-12-10-27)7-8-21(22)31-17-20-6-4-3-5-19(20)14-24/h3-8,13,15H,2,9-12,16-17H2,1H3,(H,26,28)/b25-15+. The predicted octanol–water partition coefficient (Wildman–Crippen LogP) is 2.32. The molecule has 0 radical (unpaired) electrons. The normalized spacial score (nSPS) is 14.2. The quantitative estimate of drug-likeness (QED) is 0.492. The maximum Gasteiger partial charge on any atom is 0.254 e. The number of nitrogens with zero attached hydrogens (tertiary/aromatic N) is 3. The van der Waals surface area contributed by atoms with Gasteiger partial charge in [0.1, 0.15) is 6.61 Å². The van der Waals surface area contributed by atoms with Crippen LogP contribution in [0.15, 0.2) is 47.6 Å². The van der Waals surface area contributed by atoms with Crippen LogP contribution in [-0.2, 0) is 16.1 Å². The number of carbonyl (C=O) groups is 1. The lowest BCUT2D eigenvalue weighted by Crippen LogP contribution is -2.42. The van der Waals surface area contributed by atoms with E-state index in [9.17, 15) is 10.1 Å². The molecule has 2 aromatic carbocycles. The summed E-state index contributed by atoms with van der Waals surface area (Å²) in [7, 11) is 0. The first-order chi connectivity index (χ1) is 15.2. The SMILES string of the molecule is CCOc1cc(/C=N/NC(=O)CN2CCOCC2)ccc1OCc1ccccc1C#N. The third-order valence-electron chi connectivity index (χ3n) is 4.66. The van der Waals surface area contributed by atoms with E-state index in [1.54, 1.807) is 24.4 Å². The van der Waals surface area contributed by atoms with Gasteiger partial charge in [-0.3, -0.25) is 9.69 Å². The summed E-state index contributed by atoms with van der Waals surface area (Å²) in [6.45, 7) is 5.70. The Morgan fingerprint density at radius 2 is 2.03 bits per heavy atom. The minimum absolute atomic E-state index is 0.167. The Morgan fingerprint density at radius 1 is 1.23 bits per heavy atom. The van der Waals surface area contributed by atoms with Crippen LogP contribution >= 0.6 is 0 Å². The van der Waals surface area contributed by atoms with E-state index in [0.717, 1.165) is 24.2 Å². The van der Waals surface area contributed by atoms with Crippen molar-refractivity contribution in [2.75, 3.05) is 39.5 Å². The van der Waals surface area contributed by atoms with Crippen LogP contribution in [0.5, 0.6) is 11.5 Å². The minimum atomic E-state index is -0.167. The lowest BCUT2D eigenvalue weighted by atomic mass is 10.1. The summed E-state index contributed by atoms with van der Waals surface area (Å²) in [6, 6.07) is 14.9. The van der Waals surface area contributed by atoms with Crippen molar-refractivity contribution in [1.29, 1.82) is 5.26 Å². The molecule has 8 nitrogen and oxygen atoms in total. The summed E-state index contributed by atoms with van der Waals surface area (Å²) in [5.74, 6) is 0.975. The molecule has 0 spiro atoms. The topological polar surface area (TPSA) is 96.2 Å². The molecule has 1 fully saturated rings. The number of nitrogens with one attached hydrogen (secondary N) is 1. The van der Waals surface area contributed by atoms with Gasteiger partial charge in [-0.2, -0.15) is 10.4 Å². The highest BCUT2D eigenvalue weighted by Crippen LogP contribution is 2.29. The molecule has 1 amide bonds. The summed E-state index contributed by atoms with van der Waals surface area (Å²) < 4.78 is 16.9. The molecule has 1 aliphatic heterocycles. The van der Waals surface area contributed by atoms with E-state index in [1.165, 1.54) is 0 Å². The molecule has 2 aromatic rings. The Morgan fingerprint density at radius 3 is 2.81 bits per heavy atom. The molecule has 0 atom stereocenters. The van der Waals surface area contributed by atoms with Gasteiger partial charge < -0.3 is 14.2 Å². The average molecular weight is 422 g/mol. The third kappa shape index (κ3) is 6.81. The van der Waals surface area contributed by atoms with Gasteiger partial charge in [-0.15, -0.1) is 0 Å². The molecular formula is C23H26N4O4. The monoisotopic (exact) mass is 422 g/mol. The molecule has 1 saturated heterocycles. The molecule has 0 saturated carbocycles. The van der Waals surface area contributed by atoms with Crippen molar-refractivity contribution in [3.63, 3.8) is 0 Å². The number of amides is 1. The van der Waals surface area contributed by atoms with Gasteiger partial charge in [0, 0.05) is 18.7 Å². The first kappa shape index (κ1) is 22.3. The zero-order chi connectivity index (χ0) is 21.9. The third-order valence-corrected chi connectivity index (χ3v) is 4.66. The number of hydrogen-bond acceptors (Lipinski definition) is 7. The molecule has 0 aliphatic carbocycles. The van der Waals surface area contributed by atoms with Crippen molar-refractivity contribution in [2.45, 2.75) is 13.5 Å². The average Bonchev–Trinajstić information content (AvgIpc) is 2.79. The molecule has 1 N–H and O–H groups in total. The fourth-order valence-corrected chi connectivity index (χ4v) is 3.08. The number of carbonyl (C=O) groups excluding carboxylic acids is 1. The molecular weight excluding hydrogens is 396 g/mol. The van der Waals surface area contributed by atoms with E-state index in [4.69, 9.17) is 14.2 Å². The molecule has 0 unspecified atom stereocenters. The van der Waals surface area contributed by atoms with Gasteiger partial charge in [-0.05, 0) is 36.8 Å². The van der Waals surface area contributed by atoms with Gasteiger partial charge in [0.05, 0.1) is 44.2 Å². The van der Waals surface area contributed by atoms with Gasteiger partial charge in [-0.25, -0.2) is 5.43 Å². The molecule has 1 aliphatic rings. The van der Waals surface area contributed by atoms with E-state index in [0.29, 0.717) is 43.4 Å². The van der Waals surface area contributed by atoms with Gasteiger partial charge in [0.2, 0.25) is 0 Å². The maximum absolute atomic E-state index is 12.0. The van der Waals surface area contributed by atoms with E-state index < -0.39 is 0 Å². The van der Waals surface area contributed by atoms with Crippen LogP contribution in [0.3, 0.4) is 0 Å². The minimum Gasteiger partial charge on any atom is -0.490 e. The van der Waals surface area contributed by atoms with Crippen molar-refractivity contribution < 1.29 is 19.0 Å². The molecule has 1 heterocycles. The van der Waals surface area contributed by atoms with Crippen molar-refractivity contribution in [3.05, 3.63) is 59.2 Å². The Kier molecular flexibility index (Phi) is 8.40. The highest BCUT2D eigenvalue weighted by atomic mass is 16.5. The summed E-state index contributed by atoms with van der Waals surface area (Å²) in [5.41, 5.74) is 4.70. The van der Waals surface area contributed by atoms with Crippen molar-refractivity contribution in [1.82, 2.24) is 10.3 Å². The van der Waals surface area contributed by atoms with Gasteiger partial charge in [-0.1, -0.05) is 18.2 Å². The zero-order valence-corrected chi connectivity index (χ0v) is 17.5. The van der Waals surface area contributed by atoms with Crippen molar-refractivity contribution >= 4 is 12.1 Å². The highest BCUT2D eigenvalue weighted by Gasteiger charge is 2.13. The Labute approximate surface area is 182 Å². The Hall–Kier alpha value is -3.41. The fourth-order valence-electron chi connectivity index (χ4n) is 3.08. The second-order valence-corrected chi connectivity index (χ2v) is 6.88. The van der Waals surface area contributed by atoms with Gasteiger partial charge >= 0.3 is 0 Å². The number of ether oxygens (including phenoxy) is 3. The van der Waals surface area contributed by atoms with Crippen LogP contribution < -0.4 is 14.9 Å². The summed E-state index contributed by atoms with van der Waals surface area (Å²) in [4.78, 5) is 14.0. The maximum atomic E-state index is 12.0. The van der Waals surface area contributed by atoms with Crippen molar-refractivity contribution in [2.24, 2.45) is 5.10 Å². The van der Waals surface area contributed by atoms with E-state index >= 15 is 0 Å².